The van der Waals surface area contributed by atoms with Crippen molar-refractivity contribution in [1.82, 2.24) is 5.32 Å². The number of anilines is 2. The predicted molar refractivity (Wildman–Crippen MR) is 131 cm³/mol. The van der Waals surface area contributed by atoms with Crippen molar-refractivity contribution in [3.05, 3.63) is 53.6 Å². The van der Waals surface area contributed by atoms with E-state index in [0.717, 1.165) is 24.3 Å². The molecule has 2 aromatic rings. The average Bonchev–Trinajstić information content (AvgIpc) is 3.32. The van der Waals surface area contributed by atoms with Gasteiger partial charge in [-0.1, -0.05) is 32.9 Å². The van der Waals surface area contributed by atoms with E-state index in [1.54, 1.807) is 0 Å². The summed E-state index contributed by atoms with van der Waals surface area (Å²) >= 11 is 0. The van der Waals surface area contributed by atoms with Crippen molar-refractivity contribution in [2.45, 2.75) is 56.9 Å². The molecule has 2 aliphatic heterocycles. The van der Waals surface area contributed by atoms with E-state index in [4.69, 9.17) is 25.2 Å². The third-order valence-corrected chi connectivity index (χ3v) is 6.38. The zero-order valence-electron chi connectivity index (χ0n) is 20.2. The van der Waals surface area contributed by atoms with Gasteiger partial charge in [0.1, 0.15) is 5.75 Å². The molecule has 36 heavy (non-hydrogen) atoms. The lowest BCUT2D eigenvalue weighted by atomic mass is 9.81. The number of aliphatic hydroxyl groups is 2. The summed E-state index contributed by atoms with van der Waals surface area (Å²) in [5, 5.41) is 42.3. The number of fused-ring (bicyclic) bond motifs is 3. The van der Waals surface area contributed by atoms with Gasteiger partial charge in [0.15, 0.2) is 12.2 Å². The van der Waals surface area contributed by atoms with Crippen LogP contribution in [0.4, 0.5) is 16.2 Å². The van der Waals surface area contributed by atoms with Gasteiger partial charge in [-0.05, 0) is 60.3 Å². The number of carbonyl (C=O) groups excluding carboxylic acids is 1. The van der Waals surface area contributed by atoms with Crippen LogP contribution < -0.4 is 20.7 Å². The third kappa shape index (κ3) is 5.93. The Kier molecular flexibility index (Phi) is 8.18. The van der Waals surface area contributed by atoms with E-state index in [0.29, 0.717) is 11.7 Å². The maximum atomic E-state index is 12.2. The lowest BCUT2D eigenvalue weighted by Gasteiger charge is -2.23. The van der Waals surface area contributed by atoms with E-state index in [9.17, 15) is 14.4 Å². The molecule has 0 bridgehead atoms. The Bertz CT molecular complexity index is 1100. The predicted octanol–water partition coefficient (Wildman–Crippen LogP) is 2.30. The van der Waals surface area contributed by atoms with E-state index in [1.807, 2.05) is 42.5 Å². The first-order valence-electron chi connectivity index (χ1n) is 11.5. The number of benzene rings is 2. The quantitative estimate of drug-likeness (QED) is 0.311. The fourth-order valence-corrected chi connectivity index (χ4v) is 4.16. The molecule has 1 unspecified atom stereocenters. The molecule has 7 N–H and O–H groups in total. The molecule has 0 radical (unpaired) electrons. The summed E-state index contributed by atoms with van der Waals surface area (Å²) in [6.07, 6.45) is -3.69. The molecule has 1 fully saturated rings. The van der Waals surface area contributed by atoms with Gasteiger partial charge < -0.3 is 30.5 Å². The van der Waals surface area contributed by atoms with Crippen LogP contribution in [-0.2, 0) is 15.0 Å². The van der Waals surface area contributed by atoms with Crippen molar-refractivity contribution in [2.75, 3.05) is 17.2 Å². The van der Waals surface area contributed by atoms with Crippen LogP contribution in [0.5, 0.6) is 5.75 Å². The largest absolute Gasteiger partial charge is 0.479 e. The lowest BCUT2D eigenvalue weighted by Crippen LogP contribution is -2.39. The Morgan fingerprint density at radius 3 is 2.19 bits per heavy atom. The fourth-order valence-electron chi connectivity index (χ4n) is 4.16. The van der Waals surface area contributed by atoms with Crippen molar-refractivity contribution in [2.24, 2.45) is 0 Å². The second-order valence-corrected chi connectivity index (χ2v) is 9.26. The molecule has 2 heterocycles. The standard InChI is InChI=1S/C21H25N3O2.C4H6O6/c1-13(2)14-4-6-15(7-5-14)23-20(25)26-16-8-9-18-17(12-16)21(3)10-11-22-19(21)24-18;5-1(3(7)8)2(6)4(9)10/h4-9,12-13,19,22,24H,10-11H2,1-3H3,(H,23,25);1-2,5-6H,(H,7,8)(H,9,10)/t19?,21-;1-,2-/m01/s1. The van der Waals surface area contributed by atoms with Crippen LogP contribution in [0.25, 0.3) is 0 Å². The molecular formula is C25H31N3O8. The van der Waals surface area contributed by atoms with Crippen molar-refractivity contribution >= 4 is 29.4 Å². The maximum absolute atomic E-state index is 12.2. The highest BCUT2D eigenvalue weighted by Gasteiger charge is 2.46. The fraction of sp³-hybridized carbons (Fsp3) is 0.400. The monoisotopic (exact) mass is 501 g/mol. The number of nitrogens with one attached hydrogen (secondary N) is 3. The Hall–Kier alpha value is -3.67. The van der Waals surface area contributed by atoms with Crippen LogP contribution in [0.1, 0.15) is 44.2 Å². The Morgan fingerprint density at radius 1 is 1.03 bits per heavy atom. The van der Waals surface area contributed by atoms with E-state index >= 15 is 0 Å². The van der Waals surface area contributed by atoms with Crippen LogP contribution >= 0.6 is 0 Å². The zero-order valence-corrected chi connectivity index (χ0v) is 20.2. The summed E-state index contributed by atoms with van der Waals surface area (Å²) in [6, 6.07) is 13.7. The van der Waals surface area contributed by atoms with Crippen LogP contribution in [-0.4, -0.2) is 63.4 Å². The summed E-state index contributed by atoms with van der Waals surface area (Å²) in [7, 11) is 0. The molecule has 0 aliphatic carbocycles. The Balaban J connectivity index is 0.000000308. The number of aliphatic hydroxyl groups excluding tert-OH is 2. The lowest BCUT2D eigenvalue weighted by molar-refractivity contribution is -0.165. The second-order valence-electron chi connectivity index (χ2n) is 9.26. The molecule has 194 valence electrons. The highest BCUT2D eigenvalue weighted by molar-refractivity contribution is 5.86. The molecule has 4 rings (SSSR count). The van der Waals surface area contributed by atoms with Crippen molar-refractivity contribution in [3.8, 4) is 5.75 Å². The van der Waals surface area contributed by atoms with Gasteiger partial charge in [-0.25, -0.2) is 14.4 Å². The third-order valence-electron chi connectivity index (χ3n) is 6.38. The number of carboxylic acids is 2. The molecule has 4 atom stereocenters. The normalized spacial score (nSPS) is 21.2. The number of hydrogen-bond donors (Lipinski definition) is 7. The molecule has 0 spiro atoms. The molecule has 2 aromatic carbocycles. The minimum atomic E-state index is -2.27. The van der Waals surface area contributed by atoms with Gasteiger partial charge >= 0.3 is 18.0 Å². The number of amides is 1. The minimum Gasteiger partial charge on any atom is -0.479 e. The Morgan fingerprint density at radius 2 is 1.64 bits per heavy atom. The number of rotatable bonds is 6. The van der Waals surface area contributed by atoms with Crippen LogP contribution in [0, 0.1) is 0 Å². The molecule has 1 saturated heterocycles. The molecule has 2 aliphatic rings. The summed E-state index contributed by atoms with van der Waals surface area (Å²) in [6.45, 7) is 7.52. The first-order valence-corrected chi connectivity index (χ1v) is 11.5. The van der Waals surface area contributed by atoms with Crippen molar-refractivity contribution in [3.63, 3.8) is 0 Å². The van der Waals surface area contributed by atoms with Gasteiger partial charge in [-0.2, -0.15) is 0 Å². The first kappa shape index (κ1) is 26.9. The van der Waals surface area contributed by atoms with Crippen molar-refractivity contribution < 1.29 is 39.5 Å². The van der Waals surface area contributed by atoms with Gasteiger partial charge in [-0.15, -0.1) is 0 Å². The maximum Gasteiger partial charge on any atom is 0.417 e. The zero-order chi connectivity index (χ0) is 26.6. The number of carbonyl (C=O) groups is 3. The molecule has 0 aromatic heterocycles. The topological polar surface area (TPSA) is 177 Å². The van der Waals surface area contributed by atoms with Crippen molar-refractivity contribution in [1.29, 1.82) is 0 Å². The molecule has 1 amide bonds. The smallest absolute Gasteiger partial charge is 0.417 e. The van der Waals surface area contributed by atoms with E-state index < -0.39 is 30.2 Å². The first-order chi connectivity index (χ1) is 16.9. The number of aliphatic carboxylic acids is 2. The summed E-state index contributed by atoms with van der Waals surface area (Å²) in [4.78, 5) is 31.8. The SMILES string of the molecule is CC(C)c1ccc(NC(=O)Oc2ccc3c(c2)[C@]2(C)CCNC2N3)cc1.O=C(O)[C@H](O)[C@@H](O)C(=O)O. The van der Waals surface area contributed by atoms with Gasteiger partial charge in [0, 0.05) is 16.8 Å². The molecule has 11 nitrogen and oxygen atoms in total. The summed E-state index contributed by atoms with van der Waals surface area (Å²) < 4.78 is 5.52. The van der Waals surface area contributed by atoms with Gasteiger partial charge in [0.25, 0.3) is 0 Å². The van der Waals surface area contributed by atoms with Crippen LogP contribution in [0.2, 0.25) is 0 Å². The average molecular weight is 502 g/mol. The molecule has 0 saturated carbocycles. The van der Waals surface area contributed by atoms with Gasteiger partial charge in [-0.3, -0.25) is 10.6 Å². The van der Waals surface area contributed by atoms with E-state index in [-0.39, 0.29) is 11.6 Å². The molecule has 11 heteroatoms. The summed E-state index contributed by atoms with van der Waals surface area (Å²) in [5.41, 5.74) is 4.33. The number of hydrogen-bond acceptors (Lipinski definition) is 8. The van der Waals surface area contributed by atoms with Crippen LogP contribution in [0.15, 0.2) is 42.5 Å². The molecular weight excluding hydrogens is 470 g/mol. The highest BCUT2D eigenvalue weighted by atomic mass is 16.6. The van der Waals surface area contributed by atoms with Crippen LogP contribution in [0.3, 0.4) is 0 Å². The number of ether oxygens (including phenoxy) is 1. The Labute approximate surface area is 208 Å². The second kappa shape index (κ2) is 10.9. The van der Waals surface area contributed by atoms with E-state index in [2.05, 4.69) is 36.7 Å². The number of carboxylic acid groups (broad SMARTS) is 2. The van der Waals surface area contributed by atoms with Gasteiger partial charge in [0.05, 0.1) is 6.17 Å². The summed E-state index contributed by atoms with van der Waals surface area (Å²) in [5.74, 6) is -2.51. The van der Waals surface area contributed by atoms with E-state index in [1.165, 1.54) is 11.1 Å². The minimum absolute atomic E-state index is 0.0395. The highest BCUT2D eigenvalue weighted by Crippen LogP contribution is 2.46. The van der Waals surface area contributed by atoms with Gasteiger partial charge in [0.2, 0.25) is 0 Å².